The highest BCUT2D eigenvalue weighted by atomic mass is 32.1. The summed E-state index contributed by atoms with van der Waals surface area (Å²) in [6.45, 7) is 3.30. The lowest BCUT2D eigenvalue weighted by Crippen LogP contribution is -2.36. The summed E-state index contributed by atoms with van der Waals surface area (Å²) in [4.78, 5) is 7.01. The van der Waals surface area contributed by atoms with Crippen LogP contribution in [0.25, 0.3) is 15.9 Å². The van der Waals surface area contributed by atoms with E-state index < -0.39 is 0 Å². The number of hydrogen-bond donors (Lipinski definition) is 1. The summed E-state index contributed by atoms with van der Waals surface area (Å²) < 4.78 is 7.93. The Balaban J connectivity index is 1.43. The van der Waals surface area contributed by atoms with Gasteiger partial charge in [-0.2, -0.15) is 0 Å². The van der Waals surface area contributed by atoms with E-state index in [0.29, 0.717) is 11.5 Å². The first-order valence-corrected chi connectivity index (χ1v) is 8.72. The Labute approximate surface area is 146 Å². The number of fused-ring (bicyclic) bond motifs is 2. The van der Waals surface area contributed by atoms with Gasteiger partial charge in [0.15, 0.2) is 16.6 Å². The minimum absolute atomic E-state index is 0.610. The van der Waals surface area contributed by atoms with E-state index in [1.54, 1.807) is 11.3 Å². The van der Waals surface area contributed by atoms with Crippen molar-refractivity contribution < 1.29 is 4.74 Å². The standard InChI is InChI=1S/C15H14N8OS/c1-2-11-12(25-15(17-11)22-5-7-24-8-6-22)9-10(1)16-13-3-4-14-18-20-21-23(14)19-13/h1-4,9H,5-8H2,(H,16,19). The number of anilines is 3. The number of nitrogens with one attached hydrogen (secondary N) is 1. The van der Waals surface area contributed by atoms with Gasteiger partial charge in [0.05, 0.1) is 23.4 Å². The van der Waals surface area contributed by atoms with Crippen molar-refractivity contribution in [1.29, 1.82) is 0 Å². The Kier molecular flexibility index (Phi) is 3.42. The van der Waals surface area contributed by atoms with Gasteiger partial charge < -0.3 is 15.0 Å². The number of hydrogen-bond acceptors (Lipinski definition) is 9. The van der Waals surface area contributed by atoms with E-state index in [4.69, 9.17) is 9.72 Å². The summed E-state index contributed by atoms with van der Waals surface area (Å²) in [5.74, 6) is 0.678. The first kappa shape index (κ1) is 14.5. The Morgan fingerprint density at radius 2 is 2.04 bits per heavy atom. The van der Waals surface area contributed by atoms with Gasteiger partial charge >= 0.3 is 0 Å². The molecule has 0 spiro atoms. The zero-order chi connectivity index (χ0) is 16.6. The summed E-state index contributed by atoms with van der Waals surface area (Å²) in [6.07, 6.45) is 0. The average Bonchev–Trinajstić information content (AvgIpc) is 3.28. The van der Waals surface area contributed by atoms with Gasteiger partial charge in [-0.15, -0.1) is 14.8 Å². The fourth-order valence-electron chi connectivity index (χ4n) is 2.74. The molecule has 1 saturated heterocycles. The first-order chi connectivity index (χ1) is 12.3. The molecule has 0 unspecified atom stereocenters. The summed E-state index contributed by atoms with van der Waals surface area (Å²) >= 11 is 1.69. The van der Waals surface area contributed by atoms with Gasteiger partial charge in [-0.25, -0.2) is 4.98 Å². The third kappa shape index (κ3) is 2.75. The van der Waals surface area contributed by atoms with Crippen LogP contribution >= 0.6 is 11.3 Å². The molecule has 0 amide bonds. The molecule has 1 aromatic carbocycles. The minimum Gasteiger partial charge on any atom is -0.378 e. The van der Waals surface area contributed by atoms with Crippen LogP contribution in [-0.2, 0) is 4.74 Å². The van der Waals surface area contributed by atoms with Crippen LogP contribution < -0.4 is 10.2 Å². The van der Waals surface area contributed by atoms with Crippen molar-refractivity contribution >= 4 is 43.8 Å². The number of rotatable bonds is 3. The highest BCUT2D eigenvalue weighted by molar-refractivity contribution is 7.22. The van der Waals surface area contributed by atoms with E-state index in [-0.39, 0.29) is 0 Å². The van der Waals surface area contributed by atoms with Crippen LogP contribution in [-0.4, -0.2) is 56.5 Å². The topological polar surface area (TPSA) is 93.4 Å². The van der Waals surface area contributed by atoms with E-state index in [9.17, 15) is 0 Å². The molecule has 25 heavy (non-hydrogen) atoms. The number of nitrogens with zero attached hydrogens (tertiary/aromatic N) is 7. The second-order valence-electron chi connectivity index (χ2n) is 5.65. The number of thiazole rings is 1. The van der Waals surface area contributed by atoms with Gasteiger partial charge in [-0.3, -0.25) is 0 Å². The summed E-state index contributed by atoms with van der Waals surface area (Å²) in [7, 11) is 0. The van der Waals surface area contributed by atoms with Crippen LogP contribution in [0, 0.1) is 0 Å². The Morgan fingerprint density at radius 1 is 1.12 bits per heavy atom. The van der Waals surface area contributed by atoms with Crippen LogP contribution in [0.2, 0.25) is 0 Å². The number of ether oxygens (including phenoxy) is 1. The Morgan fingerprint density at radius 3 is 2.96 bits per heavy atom. The second kappa shape index (κ2) is 5.90. The maximum absolute atomic E-state index is 5.41. The molecule has 4 heterocycles. The van der Waals surface area contributed by atoms with Crippen LogP contribution in [0.5, 0.6) is 0 Å². The molecule has 126 valence electrons. The maximum Gasteiger partial charge on any atom is 0.200 e. The zero-order valence-electron chi connectivity index (χ0n) is 13.2. The number of benzene rings is 1. The molecule has 5 rings (SSSR count). The van der Waals surface area contributed by atoms with Crippen LogP contribution in [0.3, 0.4) is 0 Å². The van der Waals surface area contributed by atoms with Crippen molar-refractivity contribution in [2.24, 2.45) is 0 Å². The Hall–Kier alpha value is -2.85. The van der Waals surface area contributed by atoms with Crippen LogP contribution in [0.1, 0.15) is 0 Å². The molecule has 1 aliphatic heterocycles. The maximum atomic E-state index is 5.41. The normalized spacial score (nSPS) is 15.1. The molecule has 1 fully saturated rings. The smallest absolute Gasteiger partial charge is 0.200 e. The predicted octanol–water partition coefficient (Wildman–Crippen LogP) is 1.71. The lowest BCUT2D eigenvalue weighted by Gasteiger charge is -2.25. The van der Waals surface area contributed by atoms with Crippen molar-refractivity contribution in [3.8, 4) is 0 Å². The molecule has 0 saturated carbocycles. The third-order valence-electron chi connectivity index (χ3n) is 4.00. The highest BCUT2D eigenvalue weighted by Gasteiger charge is 2.15. The van der Waals surface area contributed by atoms with Gasteiger partial charge in [-0.1, -0.05) is 11.3 Å². The lowest BCUT2D eigenvalue weighted by molar-refractivity contribution is 0.122. The van der Waals surface area contributed by atoms with E-state index in [1.165, 1.54) is 4.63 Å². The number of tetrazole rings is 1. The van der Waals surface area contributed by atoms with Crippen LogP contribution in [0.4, 0.5) is 16.6 Å². The van der Waals surface area contributed by atoms with Crippen molar-refractivity contribution in [2.45, 2.75) is 0 Å². The monoisotopic (exact) mass is 354 g/mol. The molecule has 0 radical (unpaired) electrons. The molecule has 10 heteroatoms. The quantitative estimate of drug-likeness (QED) is 0.594. The SMILES string of the molecule is c1cc2nc(N3CCOCC3)sc2cc1Nc1ccc2nnnn2n1. The molecule has 1 aliphatic rings. The lowest BCUT2D eigenvalue weighted by atomic mass is 10.3. The molecule has 1 N–H and O–H groups in total. The fourth-order valence-corrected chi connectivity index (χ4v) is 3.80. The van der Waals surface area contributed by atoms with Gasteiger partial charge in [0.25, 0.3) is 0 Å². The number of aromatic nitrogens is 6. The molecule has 9 nitrogen and oxygen atoms in total. The average molecular weight is 354 g/mol. The summed E-state index contributed by atoms with van der Waals surface area (Å²) in [5.41, 5.74) is 2.56. The van der Waals surface area contributed by atoms with E-state index in [1.807, 2.05) is 24.3 Å². The molecule has 0 atom stereocenters. The van der Waals surface area contributed by atoms with E-state index in [0.717, 1.165) is 47.3 Å². The predicted molar refractivity (Wildman–Crippen MR) is 94.5 cm³/mol. The third-order valence-corrected chi connectivity index (χ3v) is 5.08. The Bertz CT molecular complexity index is 1040. The van der Waals surface area contributed by atoms with Gasteiger partial charge in [0.2, 0.25) is 0 Å². The van der Waals surface area contributed by atoms with Gasteiger partial charge in [-0.05, 0) is 40.8 Å². The van der Waals surface area contributed by atoms with E-state index >= 15 is 0 Å². The van der Waals surface area contributed by atoms with Gasteiger partial charge in [0, 0.05) is 18.8 Å². The molecular weight excluding hydrogens is 340 g/mol. The zero-order valence-corrected chi connectivity index (χ0v) is 14.0. The fraction of sp³-hybridized carbons (Fsp3) is 0.267. The van der Waals surface area contributed by atoms with Crippen molar-refractivity contribution in [3.63, 3.8) is 0 Å². The molecule has 4 aromatic rings. The second-order valence-corrected chi connectivity index (χ2v) is 6.66. The van der Waals surface area contributed by atoms with Crippen molar-refractivity contribution in [1.82, 2.24) is 30.2 Å². The first-order valence-electron chi connectivity index (χ1n) is 7.91. The molecule has 0 aliphatic carbocycles. The largest absolute Gasteiger partial charge is 0.378 e. The highest BCUT2D eigenvalue weighted by Crippen LogP contribution is 2.31. The summed E-state index contributed by atoms with van der Waals surface area (Å²) in [5, 5.41) is 19.9. The molecule has 0 bridgehead atoms. The molecular formula is C15H14N8OS. The van der Waals surface area contributed by atoms with Crippen molar-refractivity contribution in [2.75, 3.05) is 36.5 Å². The number of morpholine rings is 1. The minimum atomic E-state index is 0.610. The molecule has 3 aromatic heterocycles. The van der Waals surface area contributed by atoms with E-state index in [2.05, 4.69) is 36.9 Å². The summed E-state index contributed by atoms with van der Waals surface area (Å²) in [6, 6.07) is 9.77. The van der Waals surface area contributed by atoms with Crippen molar-refractivity contribution in [3.05, 3.63) is 30.3 Å². The van der Waals surface area contributed by atoms with Gasteiger partial charge in [0.1, 0.15) is 0 Å². The van der Waals surface area contributed by atoms with Crippen LogP contribution in [0.15, 0.2) is 30.3 Å².